The topological polar surface area (TPSA) is 102 Å². The van der Waals surface area contributed by atoms with Gasteiger partial charge in [0, 0.05) is 22.7 Å². The molecular weight excluding hydrogens is 390 g/mol. The molecule has 0 unspecified atom stereocenters. The van der Waals surface area contributed by atoms with Crippen molar-refractivity contribution in [2.75, 3.05) is 17.9 Å². The van der Waals surface area contributed by atoms with Crippen LogP contribution in [0.25, 0.3) is 22.1 Å². The fourth-order valence-corrected chi connectivity index (χ4v) is 3.77. The molecule has 4 aromatic rings. The number of fused-ring (bicyclic) bond motifs is 4. The van der Waals surface area contributed by atoms with Crippen LogP contribution >= 0.6 is 11.8 Å². The lowest BCUT2D eigenvalue weighted by molar-refractivity contribution is -0.113. The largest absolute Gasteiger partial charge is 0.454 e. The molecule has 1 aliphatic heterocycles. The molecule has 0 bridgehead atoms. The van der Waals surface area contributed by atoms with E-state index in [-0.39, 0.29) is 18.5 Å². The lowest BCUT2D eigenvalue weighted by Gasteiger charge is -2.05. The van der Waals surface area contributed by atoms with Crippen molar-refractivity contribution in [3.63, 3.8) is 0 Å². The number of H-pyrrole nitrogens is 1. The maximum absolute atomic E-state index is 12.3. The fourth-order valence-electron chi connectivity index (χ4n) is 3.19. The minimum absolute atomic E-state index is 0.165. The third-order valence-electron chi connectivity index (χ3n) is 4.66. The molecule has 0 spiro atoms. The molecule has 5 rings (SSSR count). The van der Waals surface area contributed by atoms with Crippen molar-refractivity contribution in [1.29, 1.82) is 0 Å². The molecule has 0 saturated carbocycles. The molecule has 8 nitrogen and oxygen atoms in total. The number of hydrogen-bond donors (Lipinski definition) is 2. The molecule has 1 amide bonds. The first kappa shape index (κ1) is 17.7. The number of rotatable bonds is 5. The lowest BCUT2D eigenvalue weighted by Crippen LogP contribution is -2.14. The van der Waals surface area contributed by atoms with E-state index in [1.54, 1.807) is 18.2 Å². The third kappa shape index (κ3) is 3.44. The molecule has 146 valence electrons. The number of nitrogens with one attached hydrogen (secondary N) is 2. The fraction of sp³-hybridized carbons (Fsp3) is 0.200. The van der Waals surface area contributed by atoms with Crippen LogP contribution in [0.15, 0.2) is 41.6 Å². The minimum atomic E-state index is -0.165. The number of aromatic nitrogens is 4. The summed E-state index contributed by atoms with van der Waals surface area (Å²) in [6.45, 7) is 2.31. The number of benzene rings is 2. The van der Waals surface area contributed by atoms with Gasteiger partial charge < -0.3 is 19.8 Å². The van der Waals surface area contributed by atoms with Crippen LogP contribution < -0.4 is 14.8 Å². The average molecular weight is 407 g/mol. The molecule has 0 fully saturated rings. The van der Waals surface area contributed by atoms with Gasteiger partial charge in [-0.3, -0.25) is 4.79 Å². The molecule has 2 aromatic heterocycles. The van der Waals surface area contributed by atoms with E-state index < -0.39 is 0 Å². The second-order valence-corrected chi connectivity index (χ2v) is 7.50. The first-order chi connectivity index (χ1) is 14.2. The Bertz CT molecular complexity index is 1240. The standard InChI is InChI=1S/C20H17N5O3S/c1-2-11-3-5-14-13(7-11)18-19(22-14)23-20(25-24-18)29-9-17(26)21-12-4-6-15-16(8-12)28-10-27-15/h3-8H,2,9-10H2,1H3,(H,21,26)(H,22,23,25). The molecule has 9 heteroatoms. The number of aryl methyl sites for hydroxylation is 1. The summed E-state index contributed by atoms with van der Waals surface area (Å²) in [6, 6.07) is 11.5. The van der Waals surface area contributed by atoms with E-state index in [1.165, 1.54) is 17.3 Å². The Morgan fingerprint density at radius 1 is 1.17 bits per heavy atom. The van der Waals surface area contributed by atoms with Crippen molar-refractivity contribution in [2.24, 2.45) is 0 Å². The third-order valence-corrected chi connectivity index (χ3v) is 5.49. The number of anilines is 1. The Balaban J connectivity index is 1.28. The van der Waals surface area contributed by atoms with Crippen molar-refractivity contribution in [1.82, 2.24) is 20.2 Å². The summed E-state index contributed by atoms with van der Waals surface area (Å²) in [4.78, 5) is 20.1. The van der Waals surface area contributed by atoms with E-state index in [2.05, 4.69) is 44.5 Å². The second kappa shape index (κ2) is 7.25. The van der Waals surface area contributed by atoms with Gasteiger partial charge in [0.25, 0.3) is 0 Å². The van der Waals surface area contributed by atoms with Gasteiger partial charge in [-0.15, -0.1) is 10.2 Å². The maximum atomic E-state index is 12.3. The quantitative estimate of drug-likeness (QED) is 0.488. The minimum Gasteiger partial charge on any atom is -0.454 e. The molecule has 3 heterocycles. The van der Waals surface area contributed by atoms with Crippen molar-refractivity contribution in [3.05, 3.63) is 42.0 Å². The monoisotopic (exact) mass is 407 g/mol. The Morgan fingerprint density at radius 3 is 2.97 bits per heavy atom. The van der Waals surface area contributed by atoms with Gasteiger partial charge in [-0.25, -0.2) is 4.98 Å². The summed E-state index contributed by atoms with van der Waals surface area (Å²) in [5.41, 5.74) is 4.27. The Labute approximate surface area is 170 Å². The molecule has 0 atom stereocenters. The van der Waals surface area contributed by atoms with Crippen molar-refractivity contribution in [2.45, 2.75) is 18.5 Å². The van der Waals surface area contributed by atoms with E-state index in [4.69, 9.17) is 9.47 Å². The molecule has 0 aliphatic carbocycles. The summed E-state index contributed by atoms with van der Waals surface area (Å²) in [6.07, 6.45) is 0.954. The number of nitrogens with zero attached hydrogens (tertiary/aromatic N) is 3. The number of carbonyl (C=O) groups excluding carboxylic acids is 1. The summed E-state index contributed by atoms with van der Waals surface area (Å²) >= 11 is 1.23. The predicted molar refractivity (Wildman–Crippen MR) is 110 cm³/mol. The van der Waals surface area contributed by atoms with Gasteiger partial charge in [0.2, 0.25) is 17.9 Å². The van der Waals surface area contributed by atoms with Crippen LogP contribution in [-0.2, 0) is 11.2 Å². The van der Waals surface area contributed by atoms with E-state index in [0.29, 0.717) is 28.0 Å². The van der Waals surface area contributed by atoms with E-state index in [0.717, 1.165) is 22.8 Å². The van der Waals surface area contributed by atoms with Gasteiger partial charge >= 0.3 is 0 Å². The van der Waals surface area contributed by atoms with E-state index in [9.17, 15) is 4.79 Å². The van der Waals surface area contributed by atoms with Crippen molar-refractivity contribution >= 4 is 45.4 Å². The van der Waals surface area contributed by atoms with Crippen LogP contribution in [-0.4, -0.2) is 38.6 Å². The van der Waals surface area contributed by atoms with Crippen LogP contribution in [0.1, 0.15) is 12.5 Å². The number of aromatic amines is 1. The van der Waals surface area contributed by atoms with Gasteiger partial charge in [-0.1, -0.05) is 24.8 Å². The van der Waals surface area contributed by atoms with Crippen LogP contribution in [0.4, 0.5) is 5.69 Å². The van der Waals surface area contributed by atoms with Crippen molar-refractivity contribution in [3.8, 4) is 11.5 Å². The van der Waals surface area contributed by atoms with E-state index >= 15 is 0 Å². The Morgan fingerprint density at radius 2 is 2.07 bits per heavy atom. The smallest absolute Gasteiger partial charge is 0.234 e. The highest BCUT2D eigenvalue weighted by atomic mass is 32.2. The zero-order chi connectivity index (χ0) is 19.8. The lowest BCUT2D eigenvalue weighted by atomic mass is 10.1. The average Bonchev–Trinajstić information content (AvgIpc) is 3.35. The van der Waals surface area contributed by atoms with Gasteiger partial charge in [0.15, 0.2) is 17.1 Å². The Hall–Kier alpha value is -3.33. The Kier molecular flexibility index (Phi) is 4.44. The van der Waals surface area contributed by atoms with Crippen LogP contribution in [0.5, 0.6) is 11.5 Å². The molecular formula is C20H17N5O3S. The summed E-state index contributed by atoms with van der Waals surface area (Å²) in [5, 5.41) is 12.8. The molecule has 29 heavy (non-hydrogen) atoms. The zero-order valence-corrected chi connectivity index (χ0v) is 16.4. The number of hydrogen-bond acceptors (Lipinski definition) is 7. The van der Waals surface area contributed by atoms with Crippen LogP contribution in [0.2, 0.25) is 0 Å². The van der Waals surface area contributed by atoms with Gasteiger partial charge in [0.05, 0.1) is 5.75 Å². The van der Waals surface area contributed by atoms with Crippen LogP contribution in [0.3, 0.4) is 0 Å². The highest BCUT2D eigenvalue weighted by molar-refractivity contribution is 7.99. The number of thioether (sulfide) groups is 1. The number of carbonyl (C=O) groups is 1. The number of amides is 1. The highest BCUT2D eigenvalue weighted by Crippen LogP contribution is 2.34. The summed E-state index contributed by atoms with van der Waals surface area (Å²) in [5.74, 6) is 1.30. The highest BCUT2D eigenvalue weighted by Gasteiger charge is 2.15. The van der Waals surface area contributed by atoms with Gasteiger partial charge in [-0.05, 0) is 36.2 Å². The molecule has 2 N–H and O–H groups in total. The van der Waals surface area contributed by atoms with Crippen molar-refractivity contribution < 1.29 is 14.3 Å². The van der Waals surface area contributed by atoms with Gasteiger partial charge in [-0.2, -0.15) is 0 Å². The normalized spacial score (nSPS) is 12.6. The van der Waals surface area contributed by atoms with Gasteiger partial charge in [0.1, 0.15) is 5.52 Å². The molecule has 0 saturated heterocycles. The zero-order valence-electron chi connectivity index (χ0n) is 15.6. The first-order valence-corrected chi connectivity index (χ1v) is 10.2. The molecule has 1 aliphatic rings. The second-order valence-electron chi connectivity index (χ2n) is 6.55. The van der Waals surface area contributed by atoms with Crippen LogP contribution in [0, 0.1) is 0 Å². The SMILES string of the molecule is CCc1ccc2[nH]c3nc(SCC(=O)Nc4ccc5c(c4)OCO5)nnc3c2c1. The number of ether oxygens (including phenoxy) is 2. The summed E-state index contributed by atoms with van der Waals surface area (Å²) in [7, 11) is 0. The predicted octanol–water partition coefficient (Wildman–Crippen LogP) is 3.53. The van der Waals surface area contributed by atoms with E-state index in [1.807, 2.05) is 6.07 Å². The maximum Gasteiger partial charge on any atom is 0.234 e. The molecule has 2 aromatic carbocycles. The molecule has 0 radical (unpaired) electrons. The first-order valence-electron chi connectivity index (χ1n) is 9.17. The summed E-state index contributed by atoms with van der Waals surface area (Å²) < 4.78 is 10.6.